The molecule has 1 spiro atoms. The van der Waals surface area contributed by atoms with E-state index in [0.29, 0.717) is 11.3 Å². The summed E-state index contributed by atoms with van der Waals surface area (Å²) in [4.78, 5) is 10.9. The van der Waals surface area contributed by atoms with Gasteiger partial charge in [-0.2, -0.15) is 4.98 Å². The Morgan fingerprint density at radius 3 is 3.12 bits per heavy atom. The molecule has 1 unspecified atom stereocenters. The van der Waals surface area contributed by atoms with Crippen LogP contribution >= 0.6 is 0 Å². The van der Waals surface area contributed by atoms with E-state index in [-0.39, 0.29) is 0 Å². The molecule has 2 aliphatic rings. The molecule has 0 bridgehead atoms. The van der Waals surface area contributed by atoms with Gasteiger partial charge >= 0.3 is 0 Å². The molecule has 3 rings (SSSR count). The van der Waals surface area contributed by atoms with Crippen LogP contribution in [0.2, 0.25) is 0 Å². The maximum Gasteiger partial charge on any atom is 0.233 e. The van der Waals surface area contributed by atoms with Gasteiger partial charge in [0.1, 0.15) is 0 Å². The van der Waals surface area contributed by atoms with Crippen molar-refractivity contribution in [3.8, 4) is 5.88 Å². The van der Waals surface area contributed by atoms with Crippen molar-refractivity contribution in [2.45, 2.75) is 12.8 Å². The molecular weight excluding hydrogens is 218 g/mol. The molecule has 0 aromatic carbocycles. The van der Waals surface area contributed by atoms with Crippen LogP contribution in [0.3, 0.4) is 0 Å². The van der Waals surface area contributed by atoms with Crippen LogP contribution in [0.25, 0.3) is 0 Å². The van der Waals surface area contributed by atoms with E-state index in [9.17, 15) is 0 Å². The minimum atomic E-state index is 0.352. The third-order valence-corrected chi connectivity index (χ3v) is 3.76. The maximum absolute atomic E-state index is 5.52. The molecule has 0 aliphatic carbocycles. The highest BCUT2D eigenvalue weighted by molar-refractivity contribution is 5.39. The van der Waals surface area contributed by atoms with Crippen molar-refractivity contribution in [3.05, 3.63) is 12.4 Å². The Kier molecular flexibility index (Phi) is 2.63. The van der Waals surface area contributed by atoms with Crippen LogP contribution in [0.15, 0.2) is 12.4 Å². The van der Waals surface area contributed by atoms with E-state index < -0.39 is 0 Å². The van der Waals surface area contributed by atoms with Crippen LogP contribution in [-0.2, 0) is 4.74 Å². The molecule has 2 fully saturated rings. The monoisotopic (exact) mass is 235 g/mol. The third kappa shape index (κ3) is 1.95. The van der Waals surface area contributed by atoms with Crippen molar-refractivity contribution in [1.82, 2.24) is 9.97 Å². The number of hydrogen-bond acceptors (Lipinski definition) is 5. The molecule has 5 heteroatoms. The number of rotatable bonds is 2. The summed E-state index contributed by atoms with van der Waals surface area (Å²) < 4.78 is 10.6. The molecule has 1 atom stereocenters. The molecule has 3 heterocycles. The summed E-state index contributed by atoms with van der Waals surface area (Å²) in [5, 5.41) is 0. The number of hydrogen-bond donors (Lipinski definition) is 0. The van der Waals surface area contributed by atoms with Gasteiger partial charge < -0.3 is 14.4 Å². The zero-order chi connectivity index (χ0) is 11.7. The number of methoxy groups -OCH3 is 1. The van der Waals surface area contributed by atoms with E-state index in [2.05, 4.69) is 14.9 Å². The molecule has 2 aliphatic heterocycles. The highest BCUT2D eigenvalue weighted by Gasteiger charge is 2.41. The molecule has 0 saturated carbocycles. The van der Waals surface area contributed by atoms with Crippen LogP contribution in [0.1, 0.15) is 12.8 Å². The SMILES string of the molecule is COc1cncc(N2CCC3(CCOC3)C2)n1. The first-order valence-corrected chi connectivity index (χ1v) is 6.00. The molecule has 92 valence electrons. The van der Waals surface area contributed by atoms with Crippen molar-refractivity contribution >= 4 is 5.82 Å². The molecular formula is C12H17N3O2. The number of nitrogens with zero attached hydrogens (tertiary/aromatic N) is 3. The molecule has 1 aromatic heterocycles. The predicted molar refractivity (Wildman–Crippen MR) is 63.3 cm³/mol. The van der Waals surface area contributed by atoms with Crippen LogP contribution in [0.4, 0.5) is 5.82 Å². The van der Waals surface area contributed by atoms with Crippen molar-refractivity contribution in [2.24, 2.45) is 5.41 Å². The fourth-order valence-corrected chi connectivity index (χ4v) is 2.69. The van der Waals surface area contributed by atoms with Gasteiger partial charge in [0, 0.05) is 25.1 Å². The summed E-state index contributed by atoms with van der Waals surface area (Å²) in [7, 11) is 1.62. The average molecular weight is 235 g/mol. The Balaban J connectivity index is 1.77. The van der Waals surface area contributed by atoms with Crippen LogP contribution in [0.5, 0.6) is 5.88 Å². The predicted octanol–water partition coefficient (Wildman–Crippen LogP) is 1.10. The topological polar surface area (TPSA) is 47.5 Å². The largest absolute Gasteiger partial charge is 0.480 e. The van der Waals surface area contributed by atoms with Gasteiger partial charge in [-0.3, -0.25) is 4.98 Å². The minimum absolute atomic E-state index is 0.352. The molecule has 0 radical (unpaired) electrons. The zero-order valence-electron chi connectivity index (χ0n) is 10.1. The molecule has 5 nitrogen and oxygen atoms in total. The first-order valence-electron chi connectivity index (χ1n) is 6.00. The van der Waals surface area contributed by atoms with Crippen molar-refractivity contribution in [1.29, 1.82) is 0 Å². The first kappa shape index (κ1) is 10.8. The van der Waals surface area contributed by atoms with E-state index >= 15 is 0 Å². The van der Waals surface area contributed by atoms with Gasteiger partial charge in [-0.1, -0.05) is 0 Å². The standard InChI is InChI=1S/C12H17N3O2/c1-16-11-7-13-6-10(14-11)15-4-2-12(8-15)3-5-17-9-12/h6-7H,2-5,8-9H2,1H3. The lowest BCUT2D eigenvalue weighted by Crippen LogP contribution is -2.28. The molecule has 2 saturated heterocycles. The Morgan fingerprint density at radius 2 is 2.35 bits per heavy atom. The van der Waals surface area contributed by atoms with Crippen molar-refractivity contribution in [2.75, 3.05) is 38.3 Å². The van der Waals surface area contributed by atoms with Gasteiger partial charge in [-0.25, -0.2) is 0 Å². The van der Waals surface area contributed by atoms with Gasteiger partial charge in [0.2, 0.25) is 5.88 Å². The van der Waals surface area contributed by atoms with Crippen LogP contribution in [-0.4, -0.2) is 43.4 Å². The van der Waals surface area contributed by atoms with Gasteiger partial charge in [0.25, 0.3) is 0 Å². The Bertz CT molecular complexity index is 404. The quantitative estimate of drug-likeness (QED) is 0.768. The Morgan fingerprint density at radius 1 is 1.41 bits per heavy atom. The van der Waals surface area contributed by atoms with E-state index in [4.69, 9.17) is 9.47 Å². The molecule has 17 heavy (non-hydrogen) atoms. The number of ether oxygens (including phenoxy) is 2. The number of anilines is 1. The first-order chi connectivity index (χ1) is 8.31. The summed E-state index contributed by atoms with van der Waals surface area (Å²) in [6, 6.07) is 0. The fraction of sp³-hybridized carbons (Fsp3) is 0.667. The van der Waals surface area contributed by atoms with E-state index in [1.54, 1.807) is 19.5 Å². The number of aromatic nitrogens is 2. The lowest BCUT2D eigenvalue weighted by atomic mass is 9.87. The van der Waals surface area contributed by atoms with Crippen LogP contribution in [0, 0.1) is 5.41 Å². The van der Waals surface area contributed by atoms with Crippen molar-refractivity contribution in [3.63, 3.8) is 0 Å². The summed E-state index contributed by atoms with van der Waals surface area (Å²) >= 11 is 0. The fourth-order valence-electron chi connectivity index (χ4n) is 2.69. The average Bonchev–Trinajstić information content (AvgIpc) is 3.01. The van der Waals surface area contributed by atoms with Gasteiger partial charge in [0.15, 0.2) is 5.82 Å². The smallest absolute Gasteiger partial charge is 0.233 e. The van der Waals surface area contributed by atoms with E-state index in [1.807, 2.05) is 0 Å². The second kappa shape index (κ2) is 4.14. The maximum atomic E-state index is 5.52. The second-order valence-electron chi connectivity index (χ2n) is 4.89. The Labute approximate surface area is 101 Å². The highest BCUT2D eigenvalue weighted by atomic mass is 16.5. The van der Waals surface area contributed by atoms with E-state index in [0.717, 1.165) is 32.1 Å². The molecule has 0 N–H and O–H groups in total. The summed E-state index contributed by atoms with van der Waals surface area (Å²) in [5.41, 5.74) is 0.352. The van der Waals surface area contributed by atoms with Crippen molar-refractivity contribution < 1.29 is 9.47 Å². The normalized spacial score (nSPS) is 27.9. The van der Waals surface area contributed by atoms with Crippen LogP contribution < -0.4 is 9.64 Å². The highest BCUT2D eigenvalue weighted by Crippen LogP contribution is 2.39. The Hall–Kier alpha value is -1.36. The summed E-state index contributed by atoms with van der Waals surface area (Å²) in [6.07, 6.45) is 5.79. The zero-order valence-corrected chi connectivity index (χ0v) is 10.1. The third-order valence-electron chi connectivity index (χ3n) is 3.76. The van der Waals surface area contributed by atoms with E-state index in [1.165, 1.54) is 12.8 Å². The van der Waals surface area contributed by atoms with Gasteiger partial charge in [-0.15, -0.1) is 0 Å². The second-order valence-corrected chi connectivity index (χ2v) is 4.89. The minimum Gasteiger partial charge on any atom is -0.480 e. The van der Waals surface area contributed by atoms with Gasteiger partial charge in [-0.05, 0) is 12.8 Å². The lowest BCUT2D eigenvalue weighted by Gasteiger charge is -2.22. The lowest BCUT2D eigenvalue weighted by molar-refractivity contribution is 0.160. The summed E-state index contributed by atoms with van der Waals surface area (Å²) in [5.74, 6) is 1.49. The summed E-state index contributed by atoms with van der Waals surface area (Å²) in [6.45, 7) is 3.85. The van der Waals surface area contributed by atoms with Gasteiger partial charge in [0.05, 0.1) is 26.1 Å². The molecule has 0 amide bonds. The molecule has 1 aromatic rings.